The Labute approximate surface area is 159 Å². The van der Waals surface area contributed by atoms with Gasteiger partial charge in [0.2, 0.25) is 21.8 Å². The highest BCUT2D eigenvalue weighted by atomic mass is 32.2. The first kappa shape index (κ1) is 19.5. The van der Waals surface area contributed by atoms with Crippen molar-refractivity contribution in [2.24, 2.45) is 0 Å². The number of benzene rings is 1. The molecule has 0 aliphatic carbocycles. The van der Waals surface area contributed by atoms with Crippen LogP contribution in [0.5, 0.6) is 0 Å². The van der Waals surface area contributed by atoms with Gasteiger partial charge >= 0.3 is 0 Å². The van der Waals surface area contributed by atoms with Gasteiger partial charge in [-0.1, -0.05) is 24.3 Å². The van der Waals surface area contributed by atoms with Gasteiger partial charge in [0.25, 0.3) is 0 Å². The lowest BCUT2D eigenvalue weighted by molar-refractivity contribution is -0.128. The fourth-order valence-corrected chi connectivity index (χ4v) is 6.11. The summed E-state index contributed by atoms with van der Waals surface area (Å²) in [6.07, 6.45) is 1.82. The molecule has 2 aliphatic heterocycles. The van der Waals surface area contributed by atoms with Crippen molar-refractivity contribution in [2.45, 2.75) is 62.8 Å². The van der Waals surface area contributed by atoms with E-state index in [0.717, 1.165) is 16.2 Å². The summed E-state index contributed by atoms with van der Waals surface area (Å²) in [7, 11) is -3.78. The Kier molecular flexibility index (Phi) is 4.66. The Bertz CT molecular complexity index is 886. The largest absolute Gasteiger partial charge is 0.344 e. The molecule has 2 unspecified atom stereocenters. The zero-order valence-corrected chi connectivity index (χ0v) is 16.5. The van der Waals surface area contributed by atoms with Crippen molar-refractivity contribution in [1.82, 2.24) is 9.62 Å². The van der Waals surface area contributed by atoms with E-state index in [0.29, 0.717) is 24.8 Å². The smallest absolute Gasteiger partial charge is 0.245 e. The van der Waals surface area contributed by atoms with Crippen LogP contribution < -0.4 is 5.32 Å². The minimum atomic E-state index is -3.78. The van der Waals surface area contributed by atoms with Crippen LogP contribution in [0.2, 0.25) is 0 Å². The fourth-order valence-electron chi connectivity index (χ4n) is 3.88. The Morgan fingerprint density at radius 3 is 2.30 bits per heavy atom. The maximum Gasteiger partial charge on any atom is 0.245 e. The van der Waals surface area contributed by atoms with Crippen LogP contribution >= 0.6 is 0 Å². The van der Waals surface area contributed by atoms with Crippen LogP contribution in [-0.4, -0.2) is 41.9 Å². The molecule has 27 heavy (non-hydrogen) atoms. The lowest BCUT2D eigenvalue weighted by atomic mass is 9.90. The first-order chi connectivity index (χ1) is 12.5. The highest BCUT2D eigenvalue weighted by molar-refractivity contribution is 7.90. The molecule has 3 rings (SSSR count). The summed E-state index contributed by atoms with van der Waals surface area (Å²) in [5.74, 6) is -0.540. The number of hydrogen-bond donors (Lipinski definition) is 1. The average Bonchev–Trinajstić information content (AvgIpc) is 3.04. The number of hydrogen-bond acceptors (Lipinski definition) is 5. The van der Waals surface area contributed by atoms with Gasteiger partial charge in [-0.3, -0.25) is 9.59 Å². The Morgan fingerprint density at radius 2 is 1.85 bits per heavy atom. The topological polar surface area (TPSA) is 101 Å². The molecular formula is C19H24N2O5S. The van der Waals surface area contributed by atoms with Gasteiger partial charge in [0.1, 0.15) is 11.5 Å². The first-order valence-corrected chi connectivity index (χ1v) is 10.4. The number of aldehydes is 1. The summed E-state index contributed by atoms with van der Waals surface area (Å²) in [5.41, 5.74) is -0.324. The van der Waals surface area contributed by atoms with Crippen LogP contribution in [0.4, 0.5) is 0 Å². The van der Waals surface area contributed by atoms with Crippen molar-refractivity contribution < 1.29 is 22.8 Å². The van der Waals surface area contributed by atoms with E-state index < -0.39 is 32.3 Å². The molecule has 0 saturated carbocycles. The summed E-state index contributed by atoms with van der Waals surface area (Å²) >= 11 is 0. The van der Waals surface area contributed by atoms with Crippen molar-refractivity contribution in [3.63, 3.8) is 0 Å². The third kappa shape index (κ3) is 3.50. The van der Waals surface area contributed by atoms with E-state index >= 15 is 0 Å². The zero-order chi connectivity index (χ0) is 20.0. The van der Waals surface area contributed by atoms with E-state index in [2.05, 4.69) is 5.32 Å². The van der Waals surface area contributed by atoms with E-state index in [9.17, 15) is 22.8 Å². The molecule has 1 N–H and O–H groups in total. The van der Waals surface area contributed by atoms with Gasteiger partial charge in [-0.25, -0.2) is 12.7 Å². The number of nitrogens with zero attached hydrogens (tertiary/aromatic N) is 1. The van der Waals surface area contributed by atoms with Crippen molar-refractivity contribution in [3.05, 3.63) is 35.4 Å². The number of carbonyl (C=O) groups is 3. The van der Waals surface area contributed by atoms with Crippen molar-refractivity contribution in [1.29, 1.82) is 0 Å². The van der Waals surface area contributed by atoms with Crippen molar-refractivity contribution in [3.8, 4) is 0 Å². The van der Waals surface area contributed by atoms with Crippen molar-refractivity contribution in [2.75, 3.05) is 0 Å². The van der Waals surface area contributed by atoms with E-state index in [1.807, 2.05) is 0 Å². The van der Waals surface area contributed by atoms with Crippen LogP contribution in [0.1, 0.15) is 56.4 Å². The second kappa shape index (κ2) is 6.44. The van der Waals surface area contributed by atoms with Gasteiger partial charge in [-0.2, -0.15) is 0 Å². The molecule has 2 saturated heterocycles. The molecular weight excluding hydrogens is 368 g/mol. The number of sulfonamides is 1. The summed E-state index contributed by atoms with van der Waals surface area (Å²) in [6.45, 7) is 5.09. The molecule has 1 aromatic rings. The lowest BCUT2D eigenvalue weighted by Gasteiger charge is -2.30. The monoisotopic (exact) mass is 392 g/mol. The fraction of sp³-hybridized carbons (Fsp3) is 0.526. The quantitative estimate of drug-likeness (QED) is 0.782. The maximum atomic E-state index is 12.9. The minimum Gasteiger partial charge on any atom is -0.344 e. The molecule has 2 fully saturated rings. The normalized spacial score (nSPS) is 27.7. The minimum absolute atomic E-state index is 0.0761. The second-order valence-corrected chi connectivity index (χ2v) is 10.3. The van der Waals surface area contributed by atoms with Gasteiger partial charge in [0.05, 0.1) is 17.5 Å². The summed E-state index contributed by atoms with van der Waals surface area (Å²) < 4.78 is 26.7. The third-order valence-electron chi connectivity index (χ3n) is 5.09. The molecule has 1 aromatic carbocycles. The predicted molar refractivity (Wildman–Crippen MR) is 99.2 cm³/mol. The van der Waals surface area contributed by atoms with E-state index in [-0.39, 0.29) is 12.3 Å². The van der Waals surface area contributed by atoms with Crippen LogP contribution in [-0.2, 0) is 30.8 Å². The van der Waals surface area contributed by atoms with Gasteiger partial charge in [0.15, 0.2) is 0 Å². The molecule has 0 aromatic heterocycles. The Hall–Kier alpha value is -2.22. The Morgan fingerprint density at radius 1 is 1.22 bits per heavy atom. The molecule has 2 heterocycles. The number of amides is 2. The highest BCUT2D eigenvalue weighted by Gasteiger charge is 2.49. The van der Waals surface area contributed by atoms with Crippen LogP contribution in [0.25, 0.3) is 0 Å². The molecule has 146 valence electrons. The molecule has 2 amide bonds. The van der Waals surface area contributed by atoms with Crippen LogP contribution in [0.15, 0.2) is 24.3 Å². The van der Waals surface area contributed by atoms with Crippen LogP contribution in [0.3, 0.4) is 0 Å². The van der Waals surface area contributed by atoms with Gasteiger partial charge in [-0.05, 0) is 38.3 Å². The first-order valence-electron chi connectivity index (χ1n) is 8.92. The molecule has 2 aliphatic rings. The molecule has 0 bridgehead atoms. The van der Waals surface area contributed by atoms with Gasteiger partial charge in [-0.15, -0.1) is 0 Å². The van der Waals surface area contributed by atoms with Crippen LogP contribution in [0, 0.1) is 0 Å². The molecule has 8 heteroatoms. The SMILES string of the molecule is CC(C)(C)N1C(=O)CC(c2ccc(CC3(C=O)CCC(=O)N3)cc2)S1(=O)=O. The number of rotatable bonds is 4. The second-order valence-electron chi connectivity index (χ2n) is 8.31. The average molecular weight is 392 g/mol. The van der Waals surface area contributed by atoms with Gasteiger partial charge < -0.3 is 10.1 Å². The highest BCUT2D eigenvalue weighted by Crippen LogP contribution is 2.40. The van der Waals surface area contributed by atoms with E-state index in [4.69, 9.17) is 0 Å². The van der Waals surface area contributed by atoms with Gasteiger partial charge in [0, 0.05) is 12.8 Å². The summed E-state index contributed by atoms with van der Waals surface area (Å²) in [4.78, 5) is 35.2. The van der Waals surface area contributed by atoms with Crippen molar-refractivity contribution >= 4 is 28.1 Å². The van der Waals surface area contributed by atoms with E-state index in [1.165, 1.54) is 0 Å². The maximum absolute atomic E-state index is 12.9. The molecule has 7 nitrogen and oxygen atoms in total. The zero-order valence-electron chi connectivity index (χ0n) is 15.7. The molecule has 0 radical (unpaired) electrons. The molecule has 2 atom stereocenters. The standard InChI is InChI=1S/C19H24N2O5S/c1-18(2,3)21-17(24)10-15(27(21,25)26)14-6-4-13(5-7-14)11-19(12-22)9-8-16(23)20-19/h4-7,12,15H,8-11H2,1-3H3,(H,20,23). The number of carbonyl (C=O) groups excluding carboxylic acids is 3. The summed E-state index contributed by atoms with van der Waals surface area (Å²) in [6, 6.07) is 6.88. The Balaban J connectivity index is 1.83. The third-order valence-corrected chi connectivity index (χ3v) is 7.51. The predicted octanol–water partition coefficient (Wildman–Crippen LogP) is 1.48. The van der Waals surface area contributed by atoms with E-state index in [1.54, 1.807) is 45.0 Å². The number of nitrogens with one attached hydrogen (secondary N) is 1. The summed E-state index contributed by atoms with van der Waals surface area (Å²) in [5, 5.41) is 1.82. The molecule has 0 spiro atoms. The lowest BCUT2D eigenvalue weighted by Crippen LogP contribution is -2.45.